The number of nitrogens with one attached hydrogen (secondary N) is 1. The van der Waals surface area contributed by atoms with Crippen molar-refractivity contribution < 1.29 is 4.79 Å². The molecule has 0 aliphatic heterocycles. The molecule has 0 bridgehead atoms. The third-order valence-electron chi connectivity index (χ3n) is 1.84. The van der Waals surface area contributed by atoms with E-state index in [2.05, 4.69) is 17.2 Å². The van der Waals surface area contributed by atoms with Crippen LogP contribution in [0.5, 0.6) is 0 Å². The van der Waals surface area contributed by atoms with Crippen LogP contribution in [0.1, 0.15) is 18.9 Å². The molecule has 0 unspecified atom stereocenters. The second-order valence-electron chi connectivity index (χ2n) is 3.28. The Bertz CT molecular complexity index is 489. The van der Waals surface area contributed by atoms with Crippen molar-refractivity contribution in [3.05, 3.63) is 32.8 Å². The highest BCUT2D eigenvalue weighted by molar-refractivity contribution is 6.43. The van der Waals surface area contributed by atoms with E-state index in [1.165, 1.54) is 6.92 Å². The summed E-state index contributed by atoms with van der Waals surface area (Å²) in [6, 6.07) is 3.22. The molecule has 0 atom stereocenters. The van der Waals surface area contributed by atoms with E-state index in [-0.39, 0.29) is 5.91 Å². The van der Waals surface area contributed by atoms with Crippen LogP contribution in [0.2, 0.25) is 15.1 Å². The van der Waals surface area contributed by atoms with E-state index in [0.29, 0.717) is 33.6 Å². The molecule has 1 amide bonds. The van der Waals surface area contributed by atoms with Gasteiger partial charge in [-0.25, -0.2) is 0 Å². The molecule has 1 aromatic rings. The molecule has 1 N–H and O–H groups in total. The summed E-state index contributed by atoms with van der Waals surface area (Å²) in [6.07, 6.45) is 0.542. The number of halogens is 3. The van der Waals surface area contributed by atoms with Crippen molar-refractivity contribution in [3.8, 4) is 11.8 Å². The van der Waals surface area contributed by atoms with Gasteiger partial charge in [-0.05, 0) is 12.1 Å². The Morgan fingerprint density at radius 2 is 2.06 bits per heavy atom. The van der Waals surface area contributed by atoms with E-state index in [1.807, 2.05) is 0 Å². The summed E-state index contributed by atoms with van der Waals surface area (Å²) in [7, 11) is 0. The summed E-state index contributed by atoms with van der Waals surface area (Å²) in [4.78, 5) is 10.6. The normalized spacial score (nSPS) is 9.41. The minimum Gasteiger partial charge on any atom is -0.355 e. The lowest BCUT2D eigenvalue weighted by Gasteiger charge is -2.00. The summed E-state index contributed by atoms with van der Waals surface area (Å²) in [5, 5.41) is 3.91. The van der Waals surface area contributed by atoms with Crippen molar-refractivity contribution in [2.45, 2.75) is 13.3 Å². The molecule has 5 heteroatoms. The molecule has 0 radical (unpaired) electrons. The minimum absolute atomic E-state index is 0.0735. The number of hydrogen-bond acceptors (Lipinski definition) is 1. The molecule has 17 heavy (non-hydrogen) atoms. The van der Waals surface area contributed by atoms with E-state index in [0.717, 1.165) is 0 Å². The Kier molecular flexibility index (Phi) is 5.64. The first-order valence-corrected chi connectivity index (χ1v) is 6.02. The Hall–Kier alpha value is -0.880. The molecule has 0 saturated heterocycles. The first kappa shape index (κ1) is 14.2. The predicted molar refractivity (Wildman–Crippen MR) is 71.7 cm³/mol. The highest BCUT2D eigenvalue weighted by Gasteiger charge is 2.04. The van der Waals surface area contributed by atoms with Crippen LogP contribution >= 0.6 is 34.8 Å². The van der Waals surface area contributed by atoms with Gasteiger partial charge in [0.2, 0.25) is 5.91 Å². The first-order valence-electron chi connectivity index (χ1n) is 4.88. The van der Waals surface area contributed by atoms with Gasteiger partial charge < -0.3 is 5.32 Å². The van der Waals surface area contributed by atoms with Crippen molar-refractivity contribution in [3.63, 3.8) is 0 Å². The van der Waals surface area contributed by atoms with Crippen LogP contribution < -0.4 is 5.32 Å². The fraction of sp³-hybridized carbons (Fsp3) is 0.250. The standard InChI is InChI=1S/C12H10Cl3NO/c1-8(17)16-5-3-2-4-9-6-10(13)7-11(14)12(9)15/h6-7H,3,5H2,1H3,(H,16,17). The average Bonchev–Trinajstić information content (AvgIpc) is 2.23. The lowest BCUT2D eigenvalue weighted by molar-refractivity contribution is -0.118. The lowest BCUT2D eigenvalue weighted by Crippen LogP contribution is -2.20. The number of carbonyl (C=O) groups is 1. The highest BCUT2D eigenvalue weighted by atomic mass is 35.5. The second kappa shape index (κ2) is 6.76. The summed E-state index contributed by atoms with van der Waals surface area (Å²) in [5.41, 5.74) is 0.590. The number of amides is 1. The van der Waals surface area contributed by atoms with Crippen molar-refractivity contribution in [1.82, 2.24) is 5.32 Å². The molecule has 0 aromatic heterocycles. The van der Waals surface area contributed by atoms with Gasteiger partial charge in [-0.2, -0.15) is 0 Å². The molecule has 90 valence electrons. The van der Waals surface area contributed by atoms with Crippen LogP contribution in [0.25, 0.3) is 0 Å². The largest absolute Gasteiger partial charge is 0.355 e. The van der Waals surface area contributed by atoms with Crippen molar-refractivity contribution >= 4 is 40.7 Å². The summed E-state index contributed by atoms with van der Waals surface area (Å²) in [5.74, 6) is 5.68. The van der Waals surface area contributed by atoms with Crippen LogP contribution in [0.4, 0.5) is 0 Å². The lowest BCUT2D eigenvalue weighted by atomic mass is 10.2. The van der Waals surface area contributed by atoms with Gasteiger partial charge in [0.05, 0.1) is 10.0 Å². The fourth-order valence-electron chi connectivity index (χ4n) is 1.11. The summed E-state index contributed by atoms with van der Waals surface area (Å²) in [6.45, 7) is 1.97. The molecule has 0 aliphatic carbocycles. The second-order valence-corrected chi connectivity index (χ2v) is 4.51. The van der Waals surface area contributed by atoms with E-state index in [1.54, 1.807) is 12.1 Å². The zero-order valence-electron chi connectivity index (χ0n) is 9.11. The van der Waals surface area contributed by atoms with Crippen molar-refractivity contribution in [2.75, 3.05) is 6.54 Å². The van der Waals surface area contributed by atoms with Crippen LogP contribution in [0.3, 0.4) is 0 Å². The number of hydrogen-bond donors (Lipinski definition) is 1. The third-order valence-corrected chi connectivity index (χ3v) is 2.86. The zero-order chi connectivity index (χ0) is 12.8. The molecule has 0 spiro atoms. The topological polar surface area (TPSA) is 29.1 Å². The van der Waals surface area contributed by atoms with E-state index in [4.69, 9.17) is 34.8 Å². The molecule has 0 fully saturated rings. The van der Waals surface area contributed by atoms with Gasteiger partial charge in [-0.15, -0.1) is 0 Å². The van der Waals surface area contributed by atoms with Crippen LogP contribution in [-0.2, 0) is 4.79 Å². The maximum atomic E-state index is 10.6. The molecular weight excluding hydrogens is 280 g/mol. The smallest absolute Gasteiger partial charge is 0.216 e. The van der Waals surface area contributed by atoms with Crippen molar-refractivity contribution in [2.24, 2.45) is 0 Å². The van der Waals surface area contributed by atoms with Gasteiger partial charge >= 0.3 is 0 Å². The van der Waals surface area contributed by atoms with Gasteiger partial charge in [0, 0.05) is 30.5 Å². The number of rotatable bonds is 2. The quantitative estimate of drug-likeness (QED) is 0.504. The third kappa shape index (κ3) is 4.87. The first-order chi connectivity index (χ1) is 8.00. The number of benzene rings is 1. The van der Waals surface area contributed by atoms with Crippen LogP contribution in [0, 0.1) is 11.8 Å². The SMILES string of the molecule is CC(=O)NCCC#Cc1cc(Cl)cc(Cl)c1Cl. The van der Waals surface area contributed by atoms with E-state index in [9.17, 15) is 4.79 Å². The van der Waals surface area contributed by atoms with Crippen LogP contribution in [0.15, 0.2) is 12.1 Å². The van der Waals surface area contributed by atoms with E-state index >= 15 is 0 Å². The molecule has 2 nitrogen and oxygen atoms in total. The Morgan fingerprint density at radius 1 is 1.35 bits per heavy atom. The number of carbonyl (C=O) groups excluding carboxylic acids is 1. The Labute approximate surface area is 115 Å². The summed E-state index contributed by atoms with van der Waals surface area (Å²) >= 11 is 17.7. The molecule has 0 aliphatic rings. The Morgan fingerprint density at radius 3 is 2.71 bits per heavy atom. The van der Waals surface area contributed by atoms with Gasteiger partial charge in [0.25, 0.3) is 0 Å². The maximum Gasteiger partial charge on any atom is 0.216 e. The molecule has 0 heterocycles. The Balaban J connectivity index is 2.68. The molecule has 1 aromatic carbocycles. The molecule has 0 saturated carbocycles. The fourth-order valence-corrected chi connectivity index (χ4v) is 1.76. The maximum absolute atomic E-state index is 10.6. The minimum atomic E-state index is -0.0735. The average molecular weight is 291 g/mol. The highest BCUT2D eigenvalue weighted by Crippen LogP contribution is 2.29. The van der Waals surface area contributed by atoms with Gasteiger partial charge in [-0.1, -0.05) is 46.6 Å². The van der Waals surface area contributed by atoms with Gasteiger partial charge in [0.15, 0.2) is 0 Å². The zero-order valence-corrected chi connectivity index (χ0v) is 11.4. The van der Waals surface area contributed by atoms with Gasteiger partial charge in [-0.3, -0.25) is 4.79 Å². The monoisotopic (exact) mass is 289 g/mol. The van der Waals surface area contributed by atoms with Crippen molar-refractivity contribution in [1.29, 1.82) is 0 Å². The van der Waals surface area contributed by atoms with Gasteiger partial charge in [0.1, 0.15) is 0 Å². The van der Waals surface area contributed by atoms with Crippen LogP contribution in [-0.4, -0.2) is 12.5 Å². The molecule has 1 rings (SSSR count). The van der Waals surface area contributed by atoms with E-state index < -0.39 is 0 Å². The molecular formula is C12H10Cl3NO. The summed E-state index contributed by atoms with van der Waals surface area (Å²) < 4.78 is 0. The predicted octanol–water partition coefficient (Wildman–Crippen LogP) is 3.52.